The van der Waals surface area contributed by atoms with Gasteiger partial charge in [-0.3, -0.25) is 9.79 Å². The maximum atomic E-state index is 12.4. The summed E-state index contributed by atoms with van der Waals surface area (Å²) >= 11 is 0. The lowest BCUT2D eigenvalue weighted by Gasteiger charge is -2.31. The number of hydrogen-bond acceptors (Lipinski definition) is 3. The molecule has 3 nitrogen and oxygen atoms in total. The minimum Gasteiger partial charge on any atom is -0.511 e. The number of carbonyl (C=O) groups is 1. The first-order chi connectivity index (χ1) is 9.91. The van der Waals surface area contributed by atoms with Gasteiger partial charge in [0.25, 0.3) is 0 Å². The van der Waals surface area contributed by atoms with Gasteiger partial charge in [0.1, 0.15) is 5.76 Å². The molecule has 1 fully saturated rings. The Hall–Kier alpha value is -1.12. The molecule has 0 aliphatic heterocycles. The van der Waals surface area contributed by atoms with Crippen LogP contribution in [-0.4, -0.2) is 23.1 Å². The minimum absolute atomic E-state index is 0.0463. The fraction of sp³-hybridized carbons (Fsp3) is 0.778. The largest absolute Gasteiger partial charge is 0.511 e. The van der Waals surface area contributed by atoms with Gasteiger partial charge in [0.2, 0.25) is 0 Å². The summed E-state index contributed by atoms with van der Waals surface area (Å²) in [6.07, 6.45) is 7.40. The van der Waals surface area contributed by atoms with Crippen LogP contribution in [0.5, 0.6) is 0 Å². The van der Waals surface area contributed by atoms with Crippen molar-refractivity contribution >= 4 is 11.5 Å². The molecule has 0 atom stereocenters. The second-order valence-corrected chi connectivity index (χ2v) is 6.90. The van der Waals surface area contributed by atoms with Crippen LogP contribution in [0.4, 0.5) is 0 Å². The molecule has 1 aliphatic carbocycles. The van der Waals surface area contributed by atoms with Gasteiger partial charge in [-0.15, -0.1) is 0 Å². The van der Waals surface area contributed by atoms with Gasteiger partial charge in [-0.25, -0.2) is 0 Å². The van der Waals surface area contributed by atoms with Gasteiger partial charge in [0, 0.05) is 25.1 Å². The Morgan fingerprint density at radius 3 is 2.48 bits per heavy atom. The number of aliphatic hydroxyl groups is 1. The summed E-state index contributed by atoms with van der Waals surface area (Å²) in [5.74, 6) is 0.301. The third kappa shape index (κ3) is 5.64. The molecule has 1 aliphatic rings. The van der Waals surface area contributed by atoms with E-state index in [4.69, 9.17) is 0 Å². The van der Waals surface area contributed by atoms with Crippen molar-refractivity contribution in [3.05, 3.63) is 11.3 Å². The molecule has 0 saturated heterocycles. The summed E-state index contributed by atoms with van der Waals surface area (Å²) in [6.45, 7) is 9.17. The Morgan fingerprint density at radius 2 is 1.86 bits per heavy atom. The Morgan fingerprint density at radius 1 is 1.14 bits per heavy atom. The van der Waals surface area contributed by atoms with Crippen LogP contribution in [0.1, 0.15) is 79.1 Å². The summed E-state index contributed by atoms with van der Waals surface area (Å²) in [7, 11) is 0. The zero-order valence-corrected chi connectivity index (χ0v) is 14.2. The van der Waals surface area contributed by atoms with Crippen molar-refractivity contribution in [1.29, 1.82) is 0 Å². The zero-order valence-electron chi connectivity index (χ0n) is 14.2. The molecule has 0 bridgehead atoms. The predicted molar refractivity (Wildman–Crippen MR) is 89.0 cm³/mol. The molecule has 0 amide bonds. The number of carbonyl (C=O) groups excluding carboxylic acids is 1. The summed E-state index contributed by atoms with van der Waals surface area (Å²) in [4.78, 5) is 17.0. The predicted octanol–water partition coefficient (Wildman–Crippen LogP) is 5.01. The molecule has 0 aromatic heterocycles. The molecule has 0 spiro atoms. The second-order valence-electron chi connectivity index (χ2n) is 6.90. The van der Waals surface area contributed by atoms with Crippen LogP contribution in [0.2, 0.25) is 0 Å². The van der Waals surface area contributed by atoms with E-state index in [1.165, 1.54) is 19.3 Å². The van der Waals surface area contributed by atoms with E-state index in [-0.39, 0.29) is 17.0 Å². The average Bonchev–Trinajstić information content (AvgIpc) is 2.36. The van der Waals surface area contributed by atoms with E-state index in [0.29, 0.717) is 18.4 Å². The lowest BCUT2D eigenvalue weighted by molar-refractivity contribution is -0.117. The van der Waals surface area contributed by atoms with Gasteiger partial charge in [-0.1, -0.05) is 47.0 Å². The fourth-order valence-electron chi connectivity index (χ4n) is 2.86. The lowest BCUT2D eigenvalue weighted by Crippen LogP contribution is -2.32. The standard InChI is InChI=1S/C18H31NO2/c1-5-7-8-9-11-19-14-12-18(3,4)13-16(21)17(14)15(20)10-6-2/h20H,5-13H2,1-4H3/b17-15+,19-14?. The number of aliphatic hydroxyl groups excluding tert-OH is 1. The number of Topliss-reactive ketones (excluding diaryl/α,β-unsaturated/α-hetero) is 1. The van der Waals surface area contributed by atoms with Gasteiger partial charge in [-0.05, 0) is 24.7 Å². The highest BCUT2D eigenvalue weighted by atomic mass is 16.3. The maximum Gasteiger partial charge on any atom is 0.168 e. The molecule has 120 valence electrons. The number of aliphatic imine (C=N–C) groups is 1. The van der Waals surface area contributed by atoms with Crippen molar-refractivity contribution in [2.24, 2.45) is 10.4 Å². The van der Waals surface area contributed by atoms with Crippen molar-refractivity contribution in [2.45, 2.75) is 79.1 Å². The Bertz CT molecular complexity index is 419. The van der Waals surface area contributed by atoms with Crippen molar-refractivity contribution in [3.63, 3.8) is 0 Å². The minimum atomic E-state index is -0.0463. The highest BCUT2D eigenvalue weighted by Gasteiger charge is 2.35. The van der Waals surface area contributed by atoms with Crippen molar-refractivity contribution in [3.8, 4) is 0 Å². The monoisotopic (exact) mass is 293 g/mol. The second kappa shape index (κ2) is 8.35. The highest BCUT2D eigenvalue weighted by molar-refractivity contribution is 6.24. The Labute approximate surface area is 129 Å². The third-order valence-corrected chi connectivity index (χ3v) is 3.94. The van der Waals surface area contributed by atoms with E-state index >= 15 is 0 Å². The van der Waals surface area contributed by atoms with Crippen LogP contribution in [0.3, 0.4) is 0 Å². The molecule has 21 heavy (non-hydrogen) atoms. The quantitative estimate of drug-likeness (QED) is 0.407. The van der Waals surface area contributed by atoms with E-state index in [1.54, 1.807) is 0 Å². The van der Waals surface area contributed by atoms with E-state index in [1.807, 2.05) is 6.92 Å². The smallest absolute Gasteiger partial charge is 0.168 e. The van der Waals surface area contributed by atoms with Gasteiger partial charge in [0.05, 0.1) is 5.57 Å². The highest BCUT2D eigenvalue weighted by Crippen LogP contribution is 2.35. The van der Waals surface area contributed by atoms with E-state index in [9.17, 15) is 9.90 Å². The fourth-order valence-corrected chi connectivity index (χ4v) is 2.86. The first-order valence-corrected chi connectivity index (χ1v) is 8.40. The van der Waals surface area contributed by atoms with Crippen molar-refractivity contribution in [2.75, 3.05) is 6.54 Å². The molecule has 1 N–H and O–H groups in total. The van der Waals surface area contributed by atoms with Crippen LogP contribution in [0.25, 0.3) is 0 Å². The summed E-state index contributed by atoms with van der Waals surface area (Å²) in [5.41, 5.74) is 1.31. The molecular formula is C18H31NO2. The van der Waals surface area contributed by atoms with Crippen LogP contribution < -0.4 is 0 Å². The molecule has 0 aromatic carbocycles. The normalized spacial score (nSPS) is 22.7. The third-order valence-electron chi connectivity index (χ3n) is 3.94. The van der Waals surface area contributed by atoms with Crippen LogP contribution in [0.15, 0.2) is 16.3 Å². The van der Waals surface area contributed by atoms with Crippen LogP contribution >= 0.6 is 0 Å². The van der Waals surface area contributed by atoms with Crippen molar-refractivity contribution < 1.29 is 9.90 Å². The number of unbranched alkanes of at least 4 members (excludes halogenated alkanes) is 3. The molecule has 3 heteroatoms. The molecule has 0 heterocycles. The van der Waals surface area contributed by atoms with E-state index in [2.05, 4.69) is 25.8 Å². The Kier molecular flexibility index (Phi) is 7.13. The average molecular weight is 293 g/mol. The first kappa shape index (κ1) is 17.9. The molecule has 0 aromatic rings. The topological polar surface area (TPSA) is 49.7 Å². The number of ketones is 1. The zero-order chi connectivity index (χ0) is 15.9. The van der Waals surface area contributed by atoms with E-state index in [0.717, 1.165) is 31.5 Å². The molecule has 0 radical (unpaired) electrons. The van der Waals surface area contributed by atoms with E-state index < -0.39 is 0 Å². The molecule has 1 saturated carbocycles. The SMILES string of the molecule is CCCCCCN=C1CC(C)(C)CC(=O)/C1=C(/O)CCC. The van der Waals surface area contributed by atoms with Gasteiger partial charge >= 0.3 is 0 Å². The Balaban J connectivity index is 2.88. The van der Waals surface area contributed by atoms with Gasteiger partial charge in [0.15, 0.2) is 5.78 Å². The van der Waals surface area contributed by atoms with Crippen LogP contribution in [-0.2, 0) is 4.79 Å². The number of hydrogen-bond donors (Lipinski definition) is 1. The van der Waals surface area contributed by atoms with Crippen LogP contribution in [0, 0.1) is 5.41 Å². The molecule has 0 unspecified atom stereocenters. The maximum absolute atomic E-state index is 12.4. The first-order valence-electron chi connectivity index (χ1n) is 8.40. The summed E-state index contributed by atoms with van der Waals surface area (Å²) in [6, 6.07) is 0. The van der Waals surface area contributed by atoms with Crippen molar-refractivity contribution in [1.82, 2.24) is 0 Å². The summed E-state index contributed by atoms with van der Waals surface area (Å²) < 4.78 is 0. The molecular weight excluding hydrogens is 262 g/mol. The van der Waals surface area contributed by atoms with Gasteiger partial charge in [-0.2, -0.15) is 0 Å². The van der Waals surface area contributed by atoms with Gasteiger partial charge < -0.3 is 5.11 Å². The number of rotatable bonds is 7. The lowest BCUT2D eigenvalue weighted by atomic mass is 9.73. The number of allylic oxidation sites excluding steroid dienone is 2. The number of nitrogens with zero attached hydrogens (tertiary/aromatic N) is 1. The molecule has 1 rings (SSSR count). The summed E-state index contributed by atoms with van der Waals surface area (Å²) in [5, 5.41) is 10.2.